The number of carboxylic acid groups (broad SMARTS) is 1. The summed E-state index contributed by atoms with van der Waals surface area (Å²) < 4.78 is 5.96. The van der Waals surface area contributed by atoms with Gasteiger partial charge in [-0.25, -0.2) is 0 Å². The predicted molar refractivity (Wildman–Crippen MR) is 144 cm³/mol. The lowest BCUT2D eigenvalue weighted by Gasteiger charge is -2.19. The molecule has 1 aromatic heterocycles. The summed E-state index contributed by atoms with van der Waals surface area (Å²) in [6, 6.07) is 30.3. The zero-order valence-electron chi connectivity index (χ0n) is 19.9. The van der Waals surface area contributed by atoms with Crippen molar-refractivity contribution in [3.8, 4) is 5.75 Å². The van der Waals surface area contributed by atoms with Crippen LogP contribution in [0, 0.1) is 0 Å². The Morgan fingerprint density at radius 3 is 2.25 bits per heavy atom. The normalized spacial score (nSPS) is 10.9. The average molecular weight is 500 g/mol. The number of aromatic nitrogens is 1. The summed E-state index contributed by atoms with van der Waals surface area (Å²) in [5.41, 5.74) is 3.93. The molecule has 0 fully saturated rings. The van der Waals surface area contributed by atoms with Crippen molar-refractivity contribution in [2.45, 2.75) is 30.1 Å². The zero-order valence-corrected chi connectivity index (χ0v) is 20.7. The number of benzene rings is 3. The molecule has 0 aliphatic carbocycles. The van der Waals surface area contributed by atoms with Crippen molar-refractivity contribution in [3.63, 3.8) is 0 Å². The van der Waals surface area contributed by atoms with Crippen molar-refractivity contribution in [2.24, 2.45) is 0 Å². The maximum absolute atomic E-state index is 12.6. The van der Waals surface area contributed by atoms with Crippen LogP contribution in [0.25, 0.3) is 0 Å². The Morgan fingerprint density at radius 1 is 0.889 bits per heavy atom. The van der Waals surface area contributed by atoms with Gasteiger partial charge in [-0.05, 0) is 53.1 Å². The third-order valence-corrected chi connectivity index (χ3v) is 6.93. The molecule has 0 unspecified atom stereocenters. The van der Waals surface area contributed by atoms with E-state index >= 15 is 0 Å². The van der Waals surface area contributed by atoms with E-state index in [-0.39, 0.29) is 17.9 Å². The van der Waals surface area contributed by atoms with Gasteiger partial charge in [0.05, 0.1) is 6.61 Å². The minimum Gasteiger partial charge on any atom is -0.493 e. The second kappa shape index (κ2) is 12.8. The lowest BCUT2D eigenvalue weighted by atomic mass is 9.85. The first-order valence-corrected chi connectivity index (χ1v) is 13.0. The van der Waals surface area contributed by atoms with Crippen molar-refractivity contribution < 1.29 is 14.6 Å². The van der Waals surface area contributed by atoms with E-state index < -0.39 is 5.97 Å². The van der Waals surface area contributed by atoms with Crippen LogP contribution in [0.3, 0.4) is 0 Å². The van der Waals surface area contributed by atoms with Gasteiger partial charge < -0.3 is 14.8 Å². The van der Waals surface area contributed by atoms with E-state index in [2.05, 4.69) is 29.2 Å². The first-order valence-electron chi connectivity index (χ1n) is 12.0. The molecule has 0 aliphatic heterocycles. The summed E-state index contributed by atoms with van der Waals surface area (Å²) in [5.74, 6) is 0.712. The molecule has 0 amide bonds. The Balaban J connectivity index is 1.44. The van der Waals surface area contributed by atoms with Gasteiger partial charge >= 0.3 is 5.97 Å². The standard InChI is InChI=1S/C30H29NO4S/c32-28(33)15-8-18-36-27-14-7-13-26(20-27)35-17-16-24-19-25(21-31-30(24)34)29(22-9-3-1-4-10-22)23-11-5-2-6-12-23/h1-7,9-14,19-21,29H,8,15-18H2,(H,31,34)(H,32,33). The van der Waals surface area contributed by atoms with Crippen LogP contribution >= 0.6 is 11.8 Å². The van der Waals surface area contributed by atoms with Gasteiger partial charge in [0.2, 0.25) is 0 Å². The van der Waals surface area contributed by atoms with Crippen molar-refractivity contribution in [1.29, 1.82) is 0 Å². The molecule has 4 rings (SSSR count). The Hall–Kier alpha value is -3.77. The highest BCUT2D eigenvalue weighted by molar-refractivity contribution is 7.99. The van der Waals surface area contributed by atoms with Gasteiger partial charge in [-0.1, -0.05) is 66.7 Å². The third-order valence-electron chi connectivity index (χ3n) is 5.85. The van der Waals surface area contributed by atoms with Crippen LogP contribution in [0.5, 0.6) is 5.75 Å². The third kappa shape index (κ3) is 7.12. The van der Waals surface area contributed by atoms with Crippen molar-refractivity contribution in [3.05, 3.63) is 130 Å². The largest absolute Gasteiger partial charge is 0.493 e. The fraction of sp³-hybridized carbons (Fsp3) is 0.200. The number of hydrogen-bond donors (Lipinski definition) is 2. The molecule has 0 aliphatic rings. The number of carboxylic acids is 1. The van der Waals surface area contributed by atoms with Crippen molar-refractivity contribution in [2.75, 3.05) is 12.4 Å². The first-order chi connectivity index (χ1) is 17.6. The van der Waals surface area contributed by atoms with E-state index in [1.807, 2.05) is 72.9 Å². The number of nitrogens with one attached hydrogen (secondary N) is 1. The minimum atomic E-state index is -0.773. The van der Waals surface area contributed by atoms with Crippen molar-refractivity contribution in [1.82, 2.24) is 4.98 Å². The smallest absolute Gasteiger partial charge is 0.303 e. The monoisotopic (exact) mass is 499 g/mol. The molecule has 1 heterocycles. The van der Waals surface area contributed by atoms with Crippen LogP contribution in [0.4, 0.5) is 0 Å². The lowest BCUT2D eigenvalue weighted by Crippen LogP contribution is -2.17. The molecule has 0 radical (unpaired) electrons. The predicted octanol–water partition coefficient (Wildman–Crippen LogP) is 6.13. The zero-order chi connectivity index (χ0) is 25.2. The molecule has 0 spiro atoms. The molecule has 0 saturated carbocycles. The van der Waals surface area contributed by atoms with Crippen LogP contribution in [-0.4, -0.2) is 28.4 Å². The number of ether oxygens (including phenoxy) is 1. The number of aliphatic carboxylic acids is 1. The molecule has 0 saturated heterocycles. The van der Waals surface area contributed by atoms with E-state index in [1.165, 1.54) is 0 Å². The molecule has 0 bridgehead atoms. The van der Waals surface area contributed by atoms with E-state index in [9.17, 15) is 9.59 Å². The van der Waals surface area contributed by atoms with Gasteiger partial charge in [-0.2, -0.15) is 0 Å². The summed E-state index contributed by atoms with van der Waals surface area (Å²) in [7, 11) is 0. The molecular weight excluding hydrogens is 470 g/mol. The van der Waals surface area contributed by atoms with Gasteiger partial charge in [0.25, 0.3) is 5.56 Å². The second-order valence-electron chi connectivity index (χ2n) is 8.46. The highest BCUT2D eigenvalue weighted by Gasteiger charge is 2.18. The first kappa shape index (κ1) is 25.3. The Labute approximate surface area is 215 Å². The van der Waals surface area contributed by atoms with Crippen LogP contribution < -0.4 is 10.3 Å². The Kier molecular flexibility index (Phi) is 9.00. The molecule has 5 nitrogen and oxygen atoms in total. The number of carbonyl (C=O) groups is 1. The fourth-order valence-electron chi connectivity index (χ4n) is 4.12. The quantitative estimate of drug-likeness (QED) is 0.181. The minimum absolute atomic E-state index is 0.0127. The number of thioether (sulfide) groups is 1. The maximum Gasteiger partial charge on any atom is 0.303 e. The fourth-order valence-corrected chi connectivity index (χ4v) is 5.02. The molecule has 0 atom stereocenters. The van der Waals surface area contributed by atoms with E-state index in [1.54, 1.807) is 11.8 Å². The SMILES string of the molecule is O=C(O)CCCSc1cccc(OCCc2cc(C(c3ccccc3)c3ccccc3)c[nH]c2=O)c1. The molecular formula is C30H29NO4S. The van der Waals surface area contributed by atoms with E-state index in [4.69, 9.17) is 9.84 Å². The number of rotatable bonds is 12. The molecule has 6 heteroatoms. The molecule has 2 N–H and O–H groups in total. The molecule has 184 valence electrons. The Morgan fingerprint density at radius 2 is 1.58 bits per heavy atom. The Bertz CT molecular complexity index is 1280. The number of aromatic amines is 1. The van der Waals surface area contributed by atoms with E-state index in [0.29, 0.717) is 25.0 Å². The molecule has 36 heavy (non-hydrogen) atoms. The summed E-state index contributed by atoms with van der Waals surface area (Å²) in [6.45, 7) is 0.376. The van der Waals surface area contributed by atoms with Crippen molar-refractivity contribution >= 4 is 17.7 Å². The highest BCUT2D eigenvalue weighted by atomic mass is 32.2. The second-order valence-corrected chi connectivity index (χ2v) is 9.63. The van der Waals surface area contributed by atoms with E-state index in [0.717, 1.165) is 33.1 Å². The molecule has 4 aromatic rings. The lowest BCUT2D eigenvalue weighted by molar-refractivity contribution is -0.137. The molecule has 3 aromatic carbocycles. The maximum atomic E-state index is 12.6. The number of pyridine rings is 1. The average Bonchev–Trinajstić information content (AvgIpc) is 2.90. The summed E-state index contributed by atoms with van der Waals surface area (Å²) in [6.07, 6.45) is 3.08. The van der Waals surface area contributed by atoms with Crippen LogP contribution in [0.1, 0.15) is 41.0 Å². The summed E-state index contributed by atoms with van der Waals surface area (Å²) in [4.78, 5) is 27.2. The summed E-state index contributed by atoms with van der Waals surface area (Å²) >= 11 is 1.61. The summed E-state index contributed by atoms with van der Waals surface area (Å²) in [5, 5.41) is 8.78. The van der Waals surface area contributed by atoms with Gasteiger partial charge in [0.1, 0.15) is 5.75 Å². The topological polar surface area (TPSA) is 79.4 Å². The number of hydrogen-bond acceptors (Lipinski definition) is 4. The van der Waals surface area contributed by atoms with Crippen LogP contribution in [0.15, 0.2) is 107 Å². The van der Waals surface area contributed by atoms with Gasteiger partial charge in [0.15, 0.2) is 0 Å². The highest BCUT2D eigenvalue weighted by Crippen LogP contribution is 2.31. The van der Waals surface area contributed by atoms with Crippen LogP contribution in [-0.2, 0) is 11.2 Å². The van der Waals surface area contributed by atoms with Gasteiger partial charge in [-0.3, -0.25) is 9.59 Å². The number of H-pyrrole nitrogens is 1. The van der Waals surface area contributed by atoms with Gasteiger partial charge in [-0.15, -0.1) is 11.8 Å². The van der Waals surface area contributed by atoms with Crippen LogP contribution in [0.2, 0.25) is 0 Å². The van der Waals surface area contributed by atoms with Gasteiger partial charge in [0, 0.05) is 35.4 Å².